The first-order valence-electron chi connectivity index (χ1n) is 6.78. The number of piperidine rings is 1. The van der Waals surface area contributed by atoms with Crippen molar-refractivity contribution in [2.24, 2.45) is 5.92 Å². The lowest BCUT2D eigenvalue weighted by Gasteiger charge is -2.34. The molecule has 0 aliphatic carbocycles. The Morgan fingerprint density at radius 2 is 1.89 bits per heavy atom. The van der Waals surface area contributed by atoms with Gasteiger partial charge in [-0.2, -0.15) is 0 Å². The molecular formula is C15H24ClNO. The lowest BCUT2D eigenvalue weighted by molar-refractivity contribution is 0.0417. The van der Waals surface area contributed by atoms with Gasteiger partial charge >= 0.3 is 0 Å². The van der Waals surface area contributed by atoms with E-state index in [1.54, 1.807) is 0 Å². The van der Waals surface area contributed by atoms with Crippen LogP contribution >= 0.6 is 11.6 Å². The first kappa shape index (κ1) is 15.5. The number of halogens is 1. The summed E-state index contributed by atoms with van der Waals surface area (Å²) >= 11 is 5.88. The average Bonchev–Trinajstić information content (AvgIpc) is 2.41. The van der Waals surface area contributed by atoms with Gasteiger partial charge in [-0.1, -0.05) is 44.2 Å². The second-order valence-corrected chi connectivity index (χ2v) is 4.90. The molecule has 1 heterocycles. The Morgan fingerprint density at radius 3 is 2.50 bits per heavy atom. The molecule has 0 radical (unpaired) electrons. The maximum absolute atomic E-state index is 9.76. The fraction of sp³-hybridized carbons (Fsp3) is 0.600. The quantitative estimate of drug-likeness (QED) is 0.853. The highest BCUT2D eigenvalue weighted by Gasteiger charge is 2.25. The molecule has 1 fully saturated rings. The molecule has 2 atom stereocenters. The van der Waals surface area contributed by atoms with Gasteiger partial charge in [0, 0.05) is 25.5 Å². The third-order valence-electron chi connectivity index (χ3n) is 3.06. The van der Waals surface area contributed by atoms with Gasteiger partial charge in [-0.05, 0) is 17.9 Å². The zero-order valence-electron chi connectivity index (χ0n) is 11.3. The zero-order chi connectivity index (χ0) is 13.4. The van der Waals surface area contributed by atoms with Crippen LogP contribution in [-0.2, 0) is 6.54 Å². The van der Waals surface area contributed by atoms with Crippen molar-refractivity contribution >= 4 is 11.6 Å². The van der Waals surface area contributed by atoms with Gasteiger partial charge in [-0.15, -0.1) is 11.6 Å². The number of rotatable bonds is 3. The molecule has 0 saturated carbocycles. The lowest BCUT2D eigenvalue weighted by Crippen LogP contribution is -2.43. The van der Waals surface area contributed by atoms with E-state index in [-0.39, 0.29) is 6.10 Å². The van der Waals surface area contributed by atoms with Crippen LogP contribution < -0.4 is 0 Å². The summed E-state index contributed by atoms with van der Waals surface area (Å²) in [6.07, 6.45) is 0.621. The second kappa shape index (κ2) is 8.52. The zero-order valence-corrected chi connectivity index (χ0v) is 12.1. The number of hydrogen-bond donors (Lipinski definition) is 1. The minimum Gasteiger partial charge on any atom is -0.392 e. The number of nitrogens with zero attached hydrogens (tertiary/aromatic N) is 1. The van der Waals surface area contributed by atoms with E-state index in [0.29, 0.717) is 11.8 Å². The standard InChI is InChI=1S/C13H18ClNO.C2H6/c14-7-12-6-13(16)10-15(9-12)8-11-4-2-1-3-5-11;1-2/h1-5,12-13,16H,6-10H2;1-2H3/t12-,13-;/m0./s1. The van der Waals surface area contributed by atoms with Gasteiger partial charge in [0.05, 0.1) is 6.10 Å². The fourth-order valence-electron chi connectivity index (χ4n) is 2.35. The van der Waals surface area contributed by atoms with Crippen molar-refractivity contribution in [3.8, 4) is 0 Å². The van der Waals surface area contributed by atoms with Crippen LogP contribution in [0.2, 0.25) is 0 Å². The highest BCUT2D eigenvalue weighted by molar-refractivity contribution is 6.18. The van der Waals surface area contributed by atoms with Crippen molar-refractivity contribution in [2.75, 3.05) is 19.0 Å². The van der Waals surface area contributed by atoms with Gasteiger partial charge in [0.15, 0.2) is 0 Å². The van der Waals surface area contributed by atoms with Crippen molar-refractivity contribution in [3.63, 3.8) is 0 Å². The molecule has 0 bridgehead atoms. The Hall–Kier alpha value is -0.570. The highest BCUT2D eigenvalue weighted by Crippen LogP contribution is 2.19. The maximum Gasteiger partial charge on any atom is 0.0670 e. The molecule has 1 saturated heterocycles. The Morgan fingerprint density at radius 1 is 1.22 bits per heavy atom. The highest BCUT2D eigenvalue weighted by atomic mass is 35.5. The summed E-state index contributed by atoms with van der Waals surface area (Å²) in [6.45, 7) is 6.67. The summed E-state index contributed by atoms with van der Waals surface area (Å²) in [5, 5.41) is 9.76. The molecule has 0 aromatic heterocycles. The van der Waals surface area contributed by atoms with Crippen LogP contribution in [0.15, 0.2) is 30.3 Å². The van der Waals surface area contributed by atoms with Gasteiger partial charge < -0.3 is 5.11 Å². The van der Waals surface area contributed by atoms with Gasteiger partial charge in [0.25, 0.3) is 0 Å². The van der Waals surface area contributed by atoms with Crippen LogP contribution in [0.5, 0.6) is 0 Å². The van der Waals surface area contributed by atoms with Crippen LogP contribution in [0, 0.1) is 5.92 Å². The van der Waals surface area contributed by atoms with E-state index in [4.69, 9.17) is 11.6 Å². The van der Waals surface area contributed by atoms with Crippen LogP contribution in [0.3, 0.4) is 0 Å². The van der Waals surface area contributed by atoms with Crippen molar-refractivity contribution in [1.82, 2.24) is 4.90 Å². The molecule has 2 nitrogen and oxygen atoms in total. The van der Waals surface area contributed by atoms with Gasteiger partial charge in [-0.3, -0.25) is 4.90 Å². The lowest BCUT2D eigenvalue weighted by atomic mass is 9.97. The van der Waals surface area contributed by atoms with E-state index in [0.717, 1.165) is 26.1 Å². The van der Waals surface area contributed by atoms with E-state index in [9.17, 15) is 5.11 Å². The Bertz CT molecular complexity index is 318. The molecule has 1 N–H and O–H groups in total. The molecule has 0 amide bonds. The van der Waals surface area contributed by atoms with E-state index in [1.165, 1.54) is 5.56 Å². The molecule has 102 valence electrons. The first-order chi connectivity index (χ1) is 8.78. The van der Waals surface area contributed by atoms with Crippen LogP contribution in [-0.4, -0.2) is 35.1 Å². The molecule has 0 unspecified atom stereocenters. The van der Waals surface area contributed by atoms with Crippen molar-refractivity contribution in [1.29, 1.82) is 0 Å². The summed E-state index contributed by atoms with van der Waals surface area (Å²) in [4.78, 5) is 2.29. The van der Waals surface area contributed by atoms with Gasteiger partial charge in [-0.25, -0.2) is 0 Å². The fourth-order valence-corrected chi connectivity index (χ4v) is 2.58. The van der Waals surface area contributed by atoms with Crippen molar-refractivity contribution in [2.45, 2.75) is 32.9 Å². The molecule has 1 aromatic carbocycles. The van der Waals surface area contributed by atoms with Crippen LogP contribution in [0.1, 0.15) is 25.8 Å². The Labute approximate surface area is 116 Å². The van der Waals surface area contributed by atoms with E-state index in [1.807, 2.05) is 19.9 Å². The Kier molecular flexibility index (Phi) is 7.33. The summed E-state index contributed by atoms with van der Waals surface area (Å²) < 4.78 is 0. The number of hydrogen-bond acceptors (Lipinski definition) is 2. The van der Waals surface area contributed by atoms with Crippen molar-refractivity contribution in [3.05, 3.63) is 35.9 Å². The number of aliphatic hydroxyl groups is 1. The molecule has 1 aliphatic rings. The number of alkyl halides is 1. The minimum absolute atomic E-state index is 0.221. The number of benzene rings is 1. The maximum atomic E-state index is 9.76. The largest absolute Gasteiger partial charge is 0.392 e. The first-order valence-corrected chi connectivity index (χ1v) is 7.31. The summed E-state index contributed by atoms with van der Waals surface area (Å²) in [6, 6.07) is 10.4. The number of likely N-dealkylation sites (tertiary alicyclic amines) is 1. The van der Waals surface area contributed by atoms with Gasteiger partial charge in [0.2, 0.25) is 0 Å². The summed E-state index contributed by atoms with van der Waals surface area (Å²) in [7, 11) is 0. The summed E-state index contributed by atoms with van der Waals surface area (Å²) in [5.41, 5.74) is 1.30. The molecule has 18 heavy (non-hydrogen) atoms. The van der Waals surface area contributed by atoms with E-state index in [2.05, 4.69) is 29.2 Å². The third kappa shape index (κ3) is 4.97. The molecule has 3 heteroatoms. The van der Waals surface area contributed by atoms with E-state index < -0.39 is 0 Å². The molecular weight excluding hydrogens is 246 g/mol. The van der Waals surface area contributed by atoms with Gasteiger partial charge in [0.1, 0.15) is 0 Å². The molecule has 0 spiro atoms. The number of aliphatic hydroxyl groups excluding tert-OH is 1. The van der Waals surface area contributed by atoms with Crippen molar-refractivity contribution < 1.29 is 5.11 Å². The average molecular weight is 270 g/mol. The predicted molar refractivity (Wildman–Crippen MR) is 77.9 cm³/mol. The molecule has 1 aliphatic heterocycles. The van der Waals surface area contributed by atoms with Crippen LogP contribution in [0.25, 0.3) is 0 Å². The van der Waals surface area contributed by atoms with Crippen LogP contribution in [0.4, 0.5) is 0 Å². The summed E-state index contributed by atoms with van der Waals surface area (Å²) in [5.74, 6) is 1.07. The Balaban J connectivity index is 0.000000771. The second-order valence-electron chi connectivity index (χ2n) is 4.59. The van der Waals surface area contributed by atoms with E-state index >= 15 is 0 Å². The topological polar surface area (TPSA) is 23.5 Å². The monoisotopic (exact) mass is 269 g/mol. The normalized spacial score (nSPS) is 24.2. The predicted octanol–water partition coefficient (Wildman–Crippen LogP) is 3.13. The number of β-amino-alcohol motifs (C(OH)–C–C–N with tert-alkyl or cyclic N) is 1. The third-order valence-corrected chi connectivity index (χ3v) is 3.49. The SMILES string of the molecule is CC.O[C@H]1C[C@@H](CCl)CN(Cc2ccccc2)C1. The molecule has 2 rings (SSSR count). The smallest absolute Gasteiger partial charge is 0.0670 e. The minimum atomic E-state index is -0.221. The molecule has 1 aromatic rings.